The molecule has 2 atom stereocenters. The summed E-state index contributed by atoms with van der Waals surface area (Å²) in [6.07, 6.45) is 3.94. The van der Waals surface area contributed by atoms with Gasteiger partial charge in [-0.2, -0.15) is 0 Å². The van der Waals surface area contributed by atoms with Crippen molar-refractivity contribution < 1.29 is 14.7 Å². The second-order valence-corrected chi connectivity index (χ2v) is 5.47. The van der Waals surface area contributed by atoms with Gasteiger partial charge in [0.2, 0.25) is 5.91 Å². The SMILES string of the molecule is CC(C)=CC1S[C@@H]2CC(=O)N2C=C1C(=O)O. The van der Waals surface area contributed by atoms with Gasteiger partial charge in [-0.05, 0) is 13.8 Å². The number of β-lactam (4-membered cyclic amide) rings is 1. The number of thioether (sulfide) groups is 1. The fourth-order valence-electron chi connectivity index (χ4n) is 1.74. The van der Waals surface area contributed by atoms with E-state index in [1.807, 2.05) is 19.9 Å². The van der Waals surface area contributed by atoms with Crippen LogP contribution < -0.4 is 0 Å². The van der Waals surface area contributed by atoms with Crippen molar-refractivity contribution in [1.29, 1.82) is 0 Å². The predicted molar refractivity (Wildman–Crippen MR) is 61.8 cm³/mol. The van der Waals surface area contributed by atoms with Gasteiger partial charge in [0.1, 0.15) is 0 Å². The molecule has 0 aromatic carbocycles. The molecule has 0 aromatic heterocycles. The van der Waals surface area contributed by atoms with Crippen LogP contribution in [0.4, 0.5) is 0 Å². The van der Waals surface area contributed by atoms with Crippen molar-refractivity contribution in [1.82, 2.24) is 4.90 Å². The van der Waals surface area contributed by atoms with E-state index in [2.05, 4.69) is 0 Å². The molecule has 0 aliphatic carbocycles. The molecule has 1 N–H and O–H groups in total. The second-order valence-electron chi connectivity index (χ2n) is 4.15. The van der Waals surface area contributed by atoms with E-state index in [1.54, 1.807) is 0 Å². The molecule has 0 radical (unpaired) electrons. The van der Waals surface area contributed by atoms with Crippen LogP contribution in [0.3, 0.4) is 0 Å². The highest BCUT2D eigenvalue weighted by Crippen LogP contribution is 2.40. The smallest absolute Gasteiger partial charge is 0.334 e. The molecule has 0 spiro atoms. The number of rotatable bonds is 2. The normalized spacial score (nSPS) is 27.8. The summed E-state index contributed by atoms with van der Waals surface area (Å²) in [6, 6.07) is 0. The molecule has 2 aliphatic heterocycles. The van der Waals surface area contributed by atoms with Gasteiger partial charge in [-0.3, -0.25) is 4.79 Å². The number of hydrogen-bond acceptors (Lipinski definition) is 3. The first-order valence-electron chi connectivity index (χ1n) is 5.05. The quantitative estimate of drug-likeness (QED) is 0.587. The Balaban J connectivity index is 2.29. The van der Waals surface area contributed by atoms with Crippen molar-refractivity contribution in [2.45, 2.75) is 30.9 Å². The van der Waals surface area contributed by atoms with Gasteiger partial charge in [-0.25, -0.2) is 4.79 Å². The number of nitrogens with zero attached hydrogens (tertiary/aromatic N) is 1. The Bertz CT molecular complexity index is 409. The number of hydrogen-bond donors (Lipinski definition) is 1. The van der Waals surface area contributed by atoms with E-state index in [4.69, 9.17) is 5.11 Å². The molecule has 2 heterocycles. The molecule has 1 amide bonds. The van der Waals surface area contributed by atoms with Crippen molar-refractivity contribution in [2.24, 2.45) is 0 Å². The van der Waals surface area contributed by atoms with Crippen LogP contribution in [0.5, 0.6) is 0 Å². The highest BCUT2D eigenvalue weighted by atomic mass is 32.2. The summed E-state index contributed by atoms with van der Waals surface area (Å²) in [5.74, 6) is -0.944. The molecule has 1 saturated heterocycles. The minimum Gasteiger partial charge on any atom is -0.478 e. The summed E-state index contributed by atoms with van der Waals surface area (Å²) in [4.78, 5) is 23.8. The molecule has 1 unspecified atom stereocenters. The maximum atomic E-state index is 11.2. The van der Waals surface area contributed by atoms with Crippen LogP contribution >= 0.6 is 11.8 Å². The van der Waals surface area contributed by atoms with Gasteiger partial charge in [0.05, 0.1) is 22.6 Å². The first kappa shape index (κ1) is 11.3. The first-order chi connectivity index (χ1) is 7.49. The Morgan fingerprint density at radius 1 is 1.62 bits per heavy atom. The van der Waals surface area contributed by atoms with Gasteiger partial charge < -0.3 is 10.0 Å². The third-order valence-electron chi connectivity index (χ3n) is 2.57. The number of carboxylic acids is 1. The van der Waals surface area contributed by atoms with Crippen LogP contribution in [-0.2, 0) is 9.59 Å². The van der Waals surface area contributed by atoms with Crippen LogP contribution in [0.25, 0.3) is 0 Å². The number of amides is 1. The van der Waals surface area contributed by atoms with Gasteiger partial charge in [0.25, 0.3) is 0 Å². The van der Waals surface area contributed by atoms with E-state index >= 15 is 0 Å². The molecule has 1 fully saturated rings. The largest absolute Gasteiger partial charge is 0.478 e. The van der Waals surface area contributed by atoms with Crippen molar-refractivity contribution in [3.05, 3.63) is 23.4 Å². The molecule has 2 aliphatic rings. The zero-order chi connectivity index (χ0) is 11.9. The summed E-state index contributed by atoms with van der Waals surface area (Å²) in [7, 11) is 0. The zero-order valence-electron chi connectivity index (χ0n) is 9.14. The maximum Gasteiger partial charge on any atom is 0.334 e. The third-order valence-corrected chi connectivity index (χ3v) is 3.96. The zero-order valence-corrected chi connectivity index (χ0v) is 9.95. The Kier molecular flexibility index (Phi) is 2.80. The number of aliphatic carboxylic acids is 1. The van der Waals surface area contributed by atoms with Crippen LogP contribution in [0.2, 0.25) is 0 Å². The fraction of sp³-hybridized carbons (Fsp3) is 0.455. The van der Waals surface area contributed by atoms with E-state index in [9.17, 15) is 9.59 Å². The third kappa shape index (κ3) is 1.87. The summed E-state index contributed by atoms with van der Waals surface area (Å²) in [5, 5.41) is 9.07. The summed E-state index contributed by atoms with van der Waals surface area (Å²) >= 11 is 1.53. The van der Waals surface area contributed by atoms with Crippen LogP contribution in [-0.4, -0.2) is 32.5 Å². The molecule has 0 saturated carbocycles. The number of carbonyl (C=O) groups is 2. The van der Waals surface area contributed by atoms with Gasteiger partial charge in [-0.15, -0.1) is 11.8 Å². The first-order valence-corrected chi connectivity index (χ1v) is 6.00. The van der Waals surface area contributed by atoms with Crippen molar-refractivity contribution in [2.75, 3.05) is 0 Å². The molecule has 0 bridgehead atoms. The van der Waals surface area contributed by atoms with Gasteiger partial charge in [0.15, 0.2) is 0 Å². The Morgan fingerprint density at radius 2 is 2.31 bits per heavy atom. The Hall–Kier alpha value is -1.23. The minimum absolute atomic E-state index is 0.00639. The van der Waals surface area contributed by atoms with Crippen molar-refractivity contribution in [3.8, 4) is 0 Å². The lowest BCUT2D eigenvalue weighted by atomic mass is 10.1. The Labute approximate surface area is 98.0 Å². The van der Waals surface area contributed by atoms with E-state index in [0.29, 0.717) is 6.42 Å². The average molecular weight is 239 g/mol. The molecular weight excluding hydrogens is 226 g/mol. The number of allylic oxidation sites excluding steroid dienone is 1. The van der Waals surface area contributed by atoms with Crippen LogP contribution in [0.1, 0.15) is 20.3 Å². The molecule has 4 nitrogen and oxygen atoms in total. The van der Waals surface area contributed by atoms with Gasteiger partial charge >= 0.3 is 5.97 Å². The number of carboxylic acid groups (broad SMARTS) is 1. The van der Waals surface area contributed by atoms with Gasteiger partial charge in [-0.1, -0.05) is 11.6 Å². The monoisotopic (exact) mass is 239 g/mol. The van der Waals surface area contributed by atoms with Crippen LogP contribution in [0.15, 0.2) is 23.4 Å². The lowest BCUT2D eigenvalue weighted by molar-refractivity contribution is -0.137. The summed E-state index contributed by atoms with van der Waals surface area (Å²) < 4.78 is 0. The Morgan fingerprint density at radius 3 is 2.81 bits per heavy atom. The van der Waals surface area contributed by atoms with Crippen molar-refractivity contribution in [3.63, 3.8) is 0 Å². The summed E-state index contributed by atoms with van der Waals surface area (Å²) in [6.45, 7) is 3.89. The van der Waals surface area contributed by atoms with Crippen LogP contribution in [0, 0.1) is 0 Å². The topological polar surface area (TPSA) is 57.6 Å². The molecule has 2 rings (SSSR count). The maximum absolute atomic E-state index is 11.2. The predicted octanol–water partition coefficient (Wildman–Crippen LogP) is 1.59. The highest BCUT2D eigenvalue weighted by molar-refractivity contribution is 8.01. The number of carbonyl (C=O) groups excluding carboxylic acids is 1. The van der Waals surface area contributed by atoms with E-state index in [-0.39, 0.29) is 22.1 Å². The van der Waals surface area contributed by atoms with Gasteiger partial charge in [0, 0.05) is 6.20 Å². The van der Waals surface area contributed by atoms with E-state index < -0.39 is 5.97 Å². The molecular formula is C11H13NO3S. The fourth-order valence-corrected chi connectivity index (χ4v) is 3.29. The molecule has 16 heavy (non-hydrogen) atoms. The molecule has 0 aromatic rings. The highest BCUT2D eigenvalue weighted by Gasteiger charge is 2.42. The lowest BCUT2D eigenvalue weighted by Gasteiger charge is -2.42. The average Bonchev–Trinajstić information content (AvgIpc) is 2.15. The number of fused-ring (bicyclic) bond motifs is 1. The van der Waals surface area contributed by atoms with Crippen molar-refractivity contribution >= 4 is 23.6 Å². The molecule has 86 valence electrons. The lowest BCUT2D eigenvalue weighted by Crippen LogP contribution is -2.51. The van der Waals surface area contributed by atoms with E-state index in [0.717, 1.165) is 5.57 Å². The standard InChI is InChI=1S/C11H13NO3S/c1-6(2)3-8-7(11(14)15)5-12-9(13)4-10(12)16-8/h3,5,8,10H,4H2,1-2H3,(H,14,15)/t8?,10-/m1/s1. The second kappa shape index (κ2) is 3.97. The molecule has 5 heteroatoms. The summed E-state index contributed by atoms with van der Waals surface area (Å²) in [5.41, 5.74) is 1.37. The minimum atomic E-state index is -0.951. The van der Waals surface area contributed by atoms with E-state index in [1.165, 1.54) is 22.9 Å².